The van der Waals surface area contributed by atoms with Gasteiger partial charge in [0.15, 0.2) is 11.5 Å². The monoisotopic (exact) mass is 471 g/mol. The molecule has 6 nitrogen and oxygen atoms in total. The molecule has 0 aliphatic rings. The van der Waals surface area contributed by atoms with Crippen molar-refractivity contribution in [3.63, 3.8) is 0 Å². The quantitative estimate of drug-likeness (QED) is 0.268. The molecule has 35 heavy (non-hydrogen) atoms. The standard InChI is InChI=1S/C29H33N3O3/c1-6-8-13-26-31-27(25(33)7-2)24(18-30)32(26)19-20-14-16-21(17-15-20)22-11-9-10-12-23(22)28(34)35-29(3,4)5/h9-12,14-17H,6-8,13,19H2,1-5H3. The van der Waals surface area contributed by atoms with Gasteiger partial charge in [0.1, 0.15) is 23.2 Å². The number of aryl methyl sites for hydroxylation is 1. The second kappa shape index (κ2) is 11.1. The fraction of sp³-hybridized carbons (Fsp3) is 0.379. The maximum Gasteiger partial charge on any atom is 0.339 e. The number of aromatic nitrogens is 2. The number of imidazole rings is 1. The fourth-order valence-electron chi connectivity index (χ4n) is 3.89. The second-order valence-electron chi connectivity index (χ2n) is 9.55. The molecular weight excluding hydrogens is 438 g/mol. The van der Waals surface area contributed by atoms with Crippen LogP contribution in [0.2, 0.25) is 0 Å². The summed E-state index contributed by atoms with van der Waals surface area (Å²) in [6.07, 6.45) is 2.95. The molecule has 0 radical (unpaired) electrons. The highest BCUT2D eigenvalue weighted by Crippen LogP contribution is 2.27. The predicted molar refractivity (Wildman–Crippen MR) is 136 cm³/mol. The topological polar surface area (TPSA) is 85.0 Å². The van der Waals surface area contributed by atoms with E-state index >= 15 is 0 Å². The highest BCUT2D eigenvalue weighted by Gasteiger charge is 2.22. The first-order valence-corrected chi connectivity index (χ1v) is 12.1. The lowest BCUT2D eigenvalue weighted by Crippen LogP contribution is -2.24. The number of ether oxygens (including phenoxy) is 1. The summed E-state index contributed by atoms with van der Waals surface area (Å²) in [6.45, 7) is 9.87. The van der Waals surface area contributed by atoms with Gasteiger partial charge in [0.25, 0.3) is 0 Å². The van der Waals surface area contributed by atoms with Gasteiger partial charge in [-0.25, -0.2) is 9.78 Å². The van der Waals surface area contributed by atoms with E-state index in [0.29, 0.717) is 30.6 Å². The first-order chi connectivity index (χ1) is 16.7. The van der Waals surface area contributed by atoms with E-state index < -0.39 is 5.60 Å². The highest BCUT2D eigenvalue weighted by atomic mass is 16.6. The Morgan fingerprint density at radius 3 is 2.34 bits per heavy atom. The van der Waals surface area contributed by atoms with Crippen molar-refractivity contribution >= 4 is 11.8 Å². The molecule has 0 bridgehead atoms. The SMILES string of the molecule is CCCCc1nc(C(=O)CC)c(C#N)n1Cc1ccc(-c2ccccc2C(=O)OC(C)(C)C)cc1. The zero-order valence-electron chi connectivity index (χ0n) is 21.2. The molecule has 3 rings (SSSR count). The van der Waals surface area contributed by atoms with E-state index in [9.17, 15) is 14.9 Å². The number of hydrogen-bond donors (Lipinski definition) is 0. The summed E-state index contributed by atoms with van der Waals surface area (Å²) in [6, 6.07) is 17.5. The summed E-state index contributed by atoms with van der Waals surface area (Å²) >= 11 is 0. The fourth-order valence-corrected chi connectivity index (χ4v) is 3.89. The summed E-state index contributed by atoms with van der Waals surface area (Å²) in [5.74, 6) is 0.287. The molecule has 2 aromatic carbocycles. The van der Waals surface area contributed by atoms with Crippen molar-refractivity contribution in [2.45, 2.75) is 72.4 Å². The lowest BCUT2D eigenvalue weighted by atomic mass is 9.98. The Labute approximate surface area is 207 Å². The minimum atomic E-state index is -0.579. The molecule has 1 heterocycles. The van der Waals surface area contributed by atoms with Crippen molar-refractivity contribution in [3.8, 4) is 17.2 Å². The van der Waals surface area contributed by atoms with Gasteiger partial charge in [-0.2, -0.15) is 5.26 Å². The Kier molecular flexibility index (Phi) is 8.24. The van der Waals surface area contributed by atoms with Crippen molar-refractivity contribution < 1.29 is 14.3 Å². The van der Waals surface area contributed by atoms with Gasteiger partial charge in [-0.1, -0.05) is 62.7 Å². The van der Waals surface area contributed by atoms with Crippen molar-refractivity contribution in [1.82, 2.24) is 9.55 Å². The van der Waals surface area contributed by atoms with Gasteiger partial charge in [-0.05, 0) is 49.9 Å². The molecule has 0 amide bonds. The third kappa shape index (κ3) is 6.24. The van der Waals surface area contributed by atoms with Crippen LogP contribution in [0, 0.1) is 11.3 Å². The zero-order valence-corrected chi connectivity index (χ0v) is 21.2. The molecule has 0 N–H and O–H groups in total. The van der Waals surface area contributed by atoms with E-state index in [-0.39, 0.29) is 17.4 Å². The second-order valence-corrected chi connectivity index (χ2v) is 9.55. The number of esters is 1. The van der Waals surface area contributed by atoms with Gasteiger partial charge in [0, 0.05) is 12.8 Å². The van der Waals surface area contributed by atoms with Crippen LogP contribution in [0.3, 0.4) is 0 Å². The first kappa shape index (κ1) is 25.9. The van der Waals surface area contributed by atoms with Crippen molar-refractivity contribution in [1.29, 1.82) is 5.26 Å². The maximum absolute atomic E-state index is 12.7. The summed E-state index contributed by atoms with van der Waals surface area (Å²) in [5.41, 5.74) is 3.20. The summed E-state index contributed by atoms with van der Waals surface area (Å²) in [4.78, 5) is 29.7. The van der Waals surface area contributed by atoms with Crippen LogP contribution in [-0.4, -0.2) is 26.9 Å². The third-order valence-electron chi connectivity index (χ3n) is 5.64. The Hall–Kier alpha value is -3.72. The average Bonchev–Trinajstić information content (AvgIpc) is 3.18. The number of carbonyl (C=O) groups excluding carboxylic acids is 2. The van der Waals surface area contributed by atoms with Crippen LogP contribution in [0.4, 0.5) is 0 Å². The molecule has 0 atom stereocenters. The number of carbonyl (C=O) groups is 2. The molecule has 0 saturated carbocycles. The molecule has 3 aromatic rings. The van der Waals surface area contributed by atoms with Crippen molar-refractivity contribution in [2.24, 2.45) is 0 Å². The minimum Gasteiger partial charge on any atom is -0.456 e. The van der Waals surface area contributed by atoms with E-state index in [0.717, 1.165) is 35.4 Å². The Balaban J connectivity index is 1.93. The van der Waals surface area contributed by atoms with E-state index in [1.807, 2.05) is 67.8 Å². The van der Waals surface area contributed by atoms with Gasteiger partial charge in [-0.3, -0.25) is 4.79 Å². The maximum atomic E-state index is 12.7. The minimum absolute atomic E-state index is 0.118. The predicted octanol–water partition coefficient (Wildman–Crippen LogP) is 6.36. The van der Waals surface area contributed by atoms with Gasteiger partial charge >= 0.3 is 5.97 Å². The van der Waals surface area contributed by atoms with Crippen LogP contribution in [0.15, 0.2) is 48.5 Å². The Morgan fingerprint density at radius 2 is 1.74 bits per heavy atom. The van der Waals surface area contributed by atoms with E-state index in [4.69, 9.17) is 4.74 Å². The molecule has 6 heteroatoms. The molecule has 0 spiro atoms. The molecule has 0 aliphatic carbocycles. The summed E-state index contributed by atoms with van der Waals surface area (Å²) in [7, 11) is 0. The Morgan fingerprint density at radius 1 is 1.06 bits per heavy atom. The van der Waals surface area contributed by atoms with Crippen LogP contribution in [0.25, 0.3) is 11.1 Å². The Bertz CT molecular complexity index is 1240. The third-order valence-corrected chi connectivity index (χ3v) is 5.64. The first-order valence-electron chi connectivity index (χ1n) is 12.1. The smallest absolute Gasteiger partial charge is 0.339 e. The van der Waals surface area contributed by atoms with Gasteiger partial charge in [0.2, 0.25) is 0 Å². The number of Topliss-reactive ketones (excluding diaryl/α,β-unsaturated/α-hetero) is 1. The number of rotatable bonds is 9. The van der Waals surface area contributed by atoms with Crippen LogP contribution in [-0.2, 0) is 17.7 Å². The molecule has 1 aromatic heterocycles. The van der Waals surface area contributed by atoms with Crippen LogP contribution < -0.4 is 0 Å². The average molecular weight is 472 g/mol. The highest BCUT2D eigenvalue weighted by molar-refractivity contribution is 5.97. The number of benzene rings is 2. The lowest BCUT2D eigenvalue weighted by molar-refractivity contribution is 0.00703. The molecule has 182 valence electrons. The number of nitrogens with zero attached hydrogens (tertiary/aromatic N) is 3. The van der Waals surface area contributed by atoms with E-state index in [1.54, 1.807) is 13.0 Å². The number of unbranched alkanes of at least 4 members (excludes halogenated alkanes) is 1. The van der Waals surface area contributed by atoms with Crippen LogP contribution in [0.1, 0.15) is 91.8 Å². The number of nitriles is 1. The number of ketones is 1. The van der Waals surface area contributed by atoms with Crippen molar-refractivity contribution in [2.75, 3.05) is 0 Å². The largest absolute Gasteiger partial charge is 0.456 e. The molecule has 0 unspecified atom stereocenters. The summed E-state index contributed by atoms with van der Waals surface area (Å²) < 4.78 is 7.45. The van der Waals surface area contributed by atoms with Crippen molar-refractivity contribution in [3.05, 3.63) is 76.9 Å². The summed E-state index contributed by atoms with van der Waals surface area (Å²) in [5, 5.41) is 9.81. The molecule has 0 aliphatic heterocycles. The molecular formula is C29H33N3O3. The lowest BCUT2D eigenvalue weighted by Gasteiger charge is -2.20. The normalized spacial score (nSPS) is 11.2. The molecule has 0 saturated heterocycles. The number of hydrogen-bond acceptors (Lipinski definition) is 5. The van der Waals surface area contributed by atoms with Gasteiger partial charge in [0.05, 0.1) is 12.1 Å². The van der Waals surface area contributed by atoms with E-state index in [2.05, 4.69) is 18.0 Å². The van der Waals surface area contributed by atoms with E-state index in [1.165, 1.54) is 0 Å². The van der Waals surface area contributed by atoms with Gasteiger partial charge in [-0.15, -0.1) is 0 Å². The van der Waals surface area contributed by atoms with Crippen LogP contribution in [0.5, 0.6) is 0 Å². The zero-order chi connectivity index (χ0) is 25.6. The van der Waals surface area contributed by atoms with Gasteiger partial charge < -0.3 is 9.30 Å². The molecule has 0 fully saturated rings. The van der Waals surface area contributed by atoms with Crippen LogP contribution >= 0.6 is 0 Å².